The van der Waals surface area contributed by atoms with Crippen molar-refractivity contribution in [1.29, 1.82) is 0 Å². The van der Waals surface area contributed by atoms with Crippen LogP contribution in [0.4, 0.5) is 0 Å². The van der Waals surface area contributed by atoms with Crippen molar-refractivity contribution in [1.82, 2.24) is 36.7 Å². The molecule has 0 saturated carbocycles. The molecule has 20 nitrogen and oxygen atoms in total. The Morgan fingerprint density at radius 1 is 0.980 bits per heavy atom. The molecule has 1 fully saturated rings. The summed E-state index contributed by atoms with van der Waals surface area (Å²) in [5.41, 5.74) is 11.5. The van der Waals surface area contributed by atoms with Crippen LogP contribution in [0.15, 0.2) is 18.2 Å². The quantitative estimate of drug-likeness (QED) is 0.0337. The molecule has 20 heteroatoms. The second-order valence-corrected chi connectivity index (χ2v) is 12.0. The number of hydrogen-bond acceptors (Lipinski definition) is 14. The first-order chi connectivity index (χ1) is 24.2. The Bertz CT molecular complexity index is 1350. The monoisotopic (exact) mass is 725 g/mol. The topological polar surface area (TPSA) is 322 Å². The van der Waals surface area contributed by atoms with Gasteiger partial charge < -0.3 is 53.4 Å². The lowest BCUT2D eigenvalue weighted by molar-refractivity contribution is -0.173. The number of aromatic hydroxyl groups is 2. The van der Waals surface area contributed by atoms with Gasteiger partial charge in [-0.15, -0.1) is 0 Å². The van der Waals surface area contributed by atoms with Crippen LogP contribution in [0, 0.1) is 0 Å². The Hall–Kier alpha value is -4.60. The summed E-state index contributed by atoms with van der Waals surface area (Å²) in [7, 11) is 1.54. The molecular weight excluding hydrogens is 674 g/mol. The molecule has 0 aromatic heterocycles. The van der Waals surface area contributed by atoms with E-state index in [0.717, 1.165) is 12.1 Å². The zero-order valence-electron chi connectivity index (χ0n) is 28.5. The fourth-order valence-electron chi connectivity index (χ4n) is 5.12. The maximum atomic E-state index is 13.0. The van der Waals surface area contributed by atoms with Gasteiger partial charge in [-0.2, -0.15) is 0 Å². The lowest BCUT2D eigenvalue weighted by atomic mass is 10.0. The molecule has 1 aliphatic heterocycles. The number of amides is 6. The summed E-state index contributed by atoms with van der Waals surface area (Å²) in [5, 5.41) is 63.1. The van der Waals surface area contributed by atoms with E-state index in [-0.39, 0.29) is 70.4 Å². The summed E-state index contributed by atoms with van der Waals surface area (Å²) in [4.78, 5) is 74.8. The van der Waals surface area contributed by atoms with E-state index in [1.54, 1.807) is 0 Å². The van der Waals surface area contributed by atoms with Crippen LogP contribution in [-0.2, 0) is 28.8 Å². The third-order valence-corrected chi connectivity index (χ3v) is 8.17. The third kappa shape index (κ3) is 13.9. The number of piperidine rings is 1. The fraction of sp³-hybridized carbons (Fsp3) is 0.613. The van der Waals surface area contributed by atoms with Crippen molar-refractivity contribution in [3.05, 3.63) is 23.8 Å². The van der Waals surface area contributed by atoms with Gasteiger partial charge in [0.1, 0.15) is 24.2 Å². The average molecular weight is 726 g/mol. The summed E-state index contributed by atoms with van der Waals surface area (Å²) in [6.45, 7) is 0.0685. The molecule has 1 aromatic rings. The van der Waals surface area contributed by atoms with Crippen LogP contribution in [0.2, 0.25) is 0 Å². The molecule has 51 heavy (non-hydrogen) atoms. The summed E-state index contributed by atoms with van der Waals surface area (Å²) in [6, 6.07) is -0.629. The molecule has 286 valence electrons. The third-order valence-electron chi connectivity index (χ3n) is 8.17. The van der Waals surface area contributed by atoms with E-state index >= 15 is 0 Å². The highest BCUT2D eigenvalue weighted by Crippen LogP contribution is 2.28. The molecule has 5 atom stereocenters. The summed E-state index contributed by atoms with van der Waals surface area (Å²) >= 11 is 0. The smallest absolute Gasteiger partial charge is 0.268 e. The van der Waals surface area contributed by atoms with E-state index in [1.165, 1.54) is 13.1 Å². The van der Waals surface area contributed by atoms with Gasteiger partial charge in [-0.1, -0.05) is 6.07 Å². The van der Waals surface area contributed by atoms with Gasteiger partial charge in [-0.25, -0.2) is 10.1 Å². The number of carbonyl (C=O) groups is 6. The standard InChI is InChI=1S/C31H51N9O11/c1-34-19(28(46)37-20(5-2-12-32)29(47)38-21-7-4-16-40(51)31(21)49)6-3-15-39(50)25(44)11-14-35-24(43)10-13-36-30(48)26(33)27(45)18-8-9-22(41)23(42)17-18/h8-9,17,19-21,26-27,34,41-42,45,50-51H,2-7,10-16,32-33H2,1H3,(H,35,43)(H,36,48)(H,37,46)(H,38,47)/t19-,20-,21-,26-,27+/m0/s1. The predicted octanol–water partition coefficient (Wildman–Crippen LogP) is -3.22. The first-order valence-corrected chi connectivity index (χ1v) is 16.7. The first kappa shape index (κ1) is 42.6. The Morgan fingerprint density at radius 3 is 2.33 bits per heavy atom. The van der Waals surface area contributed by atoms with Gasteiger partial charge in [0.25, 0.3) is 5.91 Å². The van der Waals surface area contributed by atoms with Crippen molar-refractivity contribution in [3.8, 4) is 11.5 Å². The van der Waals surface area contributed by atoms with Crippen LogP contribution >= 0.6 is 0 Å². The number of aliphatic hydroxyl groups excluding tert-OH is 1. The van der Waals surface area contributed by atoms with Crippen LogP contribution in [-0.4, -0.2) is 135 Å². The van der Waals surface area contributed by atoms with Gasteiger partial charge in [0, 0.05) is 39.0 Å². The zero-order chi connectivity index (χ0) is 38.1. The molecule has 6 amide bonds. The second-order valence-electron chi connectivity index (χ2n) is 12.0. The predicted molar refractivity (Wildman–Crippen MR) is 178 cm³/mol. The Morgan fingerprint density at radius 2 is 1.67 bits per heavy atom. The lowest BCUT2D eigenvalue weighted by Gasteiger charge is -2.29. The summed E-state index contributed by atoms with van der Waals surface area (Å²) in [5.74, 6) is -4.60. The molecule has 0 unspecified atom stereocenters. The van der Waals surface area contributed by atoms with Crippen LogP contribution in [0.3, 0.4) is 0 Å². The van der Waals surface area contributed by atoms with E-state index in [0.29, 0.717) is 29.4 Å². The molecule has 14 N–H and O–H groups in total. The minimum atomic E-state index is -1.49. The van der Waals surface area contributed by atoms with Gasteiger partial charge >= 0.3 is 0 Å². The Balaban J connectivity index is 1.70. The van der Waals surface area contributed by atoms with Gasteiger partial charge in [0.05, 0.1) is 6.04 Å². The molecule has 0 bridgehead atoms. The van der Waals surface area contributed by atoms with Crippen LogP contribution in [0.1, 0.15) is 63.0 Å². The zero-order valence-corrected chi connectivity index (χ0v) is 28.5. The van der Waals surface area contributed by atoms with E-state index in [1.807, 2.05) is 0 Å². The highest BCUT2D eigenvalue weighted by molar-refractivity contribution is 5.93. The van der Waals surface area contributed by atoms with E-state index < -0.39 is 77.2 Å². The molecule has 1 saturated heterocycles. The number of rotatable bonds is 21. The molecular formula is C31H51N9O11. The minimum absolute atomic E-state index is 0.0983. The number of nitrogens with two attached hydrogens (primary N) is 2. The number of nitrogens with zero attached hydrogens (tertiary/aromatic N) is 2. The van der Waals surface area contributed by atoms with Crippen molar-refractivity contribution in [2.24, 2.45) is 11.5 Å². The normalized spacial score (nSPS) is 16.7. The number of aliphatic hydroxyl groups is 1. The van der Waals surface area contributed by atoms with Gasteiger partial charge in [-0.05, 0) is 69.8 Å². The molecule has 1 aromatic carbocycles. The SMILES string of the molecule is CN[C@@H](CCCN(O)C(=O)CCNC(=O)CCNC(=O)[C@@H](N)[C@H](O)c1ccc(O)c(O)c1)C(=O)N[C@@H](CCCN)C(=O)N[C@H]1CCCN(O)C1=O. The lowest BCUT2D eigenvalue weighted by Crippen LogP contribution is -2.57. The molecule has 1 aliphatic rings. The van der Waals surface area contributed by atoms with Crippen LogP contribution < -0.4 is 38.1 Å². The van der Waals surface area contributed by atoms with Gasteiger partial charge in [0.15, 0.2) is 11.5 Å². The number of hydrogen-bond donors (Lipinski definition) is 12. The number of nitrogens with one attached hydrogen (secondary N) is 5. The summed E-state index contributed by atoms with van der Waals surface area (Å²) in [6.07, 6.45) is -0.0526. The van der Waals surface area contributed by atoms with Crippen molar-refractivity contribution in [2.75, 3.05) is 39.8 Å². The molecule has 0 radical (unpaired) electrons. The molecule has 0 spiro atoms. The molecule has 1 heterocycles. The van der Waals surface area contributed by atoms with E-state index in [4.69, 9.17) is 11.5 Å². The van der Waals surface area contributed by atoms with Crippen molar-refractivity contribution in [3.63, 3.8) is 0 Å². The summed E-state index contributed by atoms with van der Waals surface area (Å²) < 4.78 is 0. The van der Waals surface area contributed by atoms with Gasteiger partial charge in [0.2, 0.25) is 29.5 Å². The Labute approximate surface area is 294 Å². The highest BCUT2D eigenvalue weighted by Gasteiger charge is 2.32. The van der Waals surface area contributed by atoms with Crippen molar-refractivity contribution in [2.45, 2.75) is 81.6 Å². The minimum Gasteiger partial charge on any atom is -0.504 e. The average Bonchev–Trinajstić information content (AvgIpc) is 3.10. The van der Waals surface area contributed by atoms with Crippen molar-refractivity contribution < 1.29 is 54.5 Å². The highest BCUT2D eigenvalue weighted by atomic mass is 16.5. The maximum absolute atomic E-state index is 13.0. The van der Waals surface area contributed by atoms with Gasteiger partial charge in [-0.3, -0.25) is 39.2 Å². The van der Waals surface area contributed by atoms with Crippen LogP contribution in [0.5, 0.6) is 11.5 Å². The van der Waals surface area contributed by atoms with Crippen LogP contribution in [0.25, 0.3) is 0 Å². The number of carbonyl (C=O) groups excluding carboxylic acids is 6. The number of phenols is 2. The number of likely N-dealkylation sites (N-methyl/N-ethyl adjacent to an activating group) is 1. The number of hydroxylamine groups is 4. The maximum Gasteiger partial charge on any atom is 0.268 e. The first-order valence-electron chi connectivity index (χ1n) is 16.7. The van der Waals surface area contributed by atoms with E-state index in [2.05, 4.69) is 26.6 Å². The number of phenolic OH excluding ortho intramolecular Hbond substituents is 2. The van der Waals surface area contributed by atoms with Crippen molar-refractivity contribution >= 4 is 35.4 Å². The molecule has 0 aliphatic carbocycles. The Kier molecular flexibility index (Phi) is 18.0. The largest absolute Gasteiger partial charge is 0.504 e. The number of benzene rings is 1. The molecule has 2 rings (SSSR count). The second kappa shape index (κ2) is 21.6. The van der Waals surface area contributed by atoms with E-state index in [9.17, 15) is 54.5 Å². The fourth-order valence-corrected chi connectivity index (χ4v) is 5.12.